The van der Waals surface area contributed by atoms with Gasteiger partial charge < -0.3 is 19.6 Å². The van der Waals surface area contributed by atoms with Gasteiger partial charge in [-0.15, -0.1) is 10.2 Å². The summed E-state index contributed by atoms with van der Waals surface area (Å²) in [5.41, 5.74) is 2.09. The van der Waals surface area contributed by atoms with E-state index in [2.05, 4.69) is 25.5 Å². The third-order valence-electron chi connectivity index (χ3n) is 4.18. The standard InChI is InChI=1S/C19H18N6O2/c1-27-11-10-25-12-21-24-19(25)15-6-3-7-17(23-15)22-14-5-2-4-13-18(14)16(26)8-9-20-13/h2-9,12H,10-11H2,1H3,(H,20,26)(H,22,23). The zero-order chi connectivity index (χ0) is 18.6. The fourth-order valence-electron chi connectivity index (χ4n) is 2.91. The highest BCUT2D eigenvalue weighted by atomic mass is 16.5. The van der Waals surface area contributed by atoms with Gasteiger partial charge in [0.05, 0.1) is 23.2 Å². The Labute approximate surface area is 154 Å². The largest absolute Gasteiger partial charge is 0.383 e. The Balaban J connectivity index is 1.69. The highest BCUT2D eigenvalue weighted by Gasteiger charge is 2.11. The van der Waals surface area contributed by atoms with E-state index in [1.807, 2.05) is 41.0 Å². The van der Waals surface area contributed by atoms with Crippen LogP contribution in [0.3, 0.4) is 0 Å². The van der Waals surface area contributed by atoms with E-state index >= 15 is 0 Å². The molecule has 4 rings (SSSR count). The number of aromatic amines is 1. The highest BCUT2D eigenvalue weighted by Crippen LogP contribution is 2.23. The molecule has 1 aromatic carbocycles. The zero-order valence-electron chi connectivity index (χ0n) is 14.7. The summed E-state index contributed by atoms with van der Waals surface area (Å²) in [7, 11) is 1.65. The fraction of sp³-hybridized carbons (Fsp3) is 0.158. The molecule has 136 valence electrons. The van der Waals surface area contributed by atoms with Crippen molar-refractivity contribution in [2.45, 2.75) is 6.54 Å². The molecule has 8 nitrogen and oxygen atoms in total. The lowest BCUT2D eigenvalue weighted by Crippen LogP contribution is -2.07. The van der Waals surface area contributed by atoms with Gasteiger partial charge >= 0.3 is 0 Å². The maximum Gasteiger partial charge on any atom is 0.191 e. The molecule has 0 atom stereocenters. The summed E-state index contributed by atoms with van der Waals surface area (Å²) in [6.45, 7) is 1.19. The van der Waals surface area contributed by atoms with Crippen molar-refractivity contribution < 1.29 is 4.74 Å². The molecule has 27 heavy (non-hydrogen) atoms. The lowest BCUT2D eigenvalue weighted by atomic mass is 10.1. The van der Waals surface area contributed by atoms with E-state index in [0.717, 1.165) is 5.52 Å². The molecule has 4 aromatic rings. The number of hydrogen-bond donors (Lipinski definition) is 2. The predicted octanol–water partition coefficient (Wildman–Crippen LogP) is 2.57. The third-order valence-corrected chi connectivity index (χ3v) is 4.18. The van der Waals surface area contributed by atoms with Crippen LogP contribution in [0.5, 0.6) is 0 Å². The molecule has 0 aliphatic heterocycles. The van der Waals surface area contributed by atoms with Crippen molar-refractivity contribution >= 4 is 22.4 Å². The molecule has 0 fully saturated rings. The Morgan fingerprint density at radius 1 is 1.19 bits per heavy atom. The maximum absolute atomic E-state index is 12.3. The van der Waals surface area contributed by atoms with Crippen molar-refractivity contribution in [2.75, 3.05) is 19.0 Å². The van der Waals surface area contributed by atoms with E-state index in [9.17, 15) is 4.79 Å². The molecule has 3 heterocycles. The molecule has 0 amide bonds. The highest BCUT2D eigenvalue weighted by molar-refractivity contribution is 5.92. The van der Waals surface area contributed by atoms with Crippen LogP contribution in [0.15, 0.2) is 59.8 Å². The van der Waals surface area contributed by atoms with Crippen LogP contribution in [0.2, 0.25) is 0 Å². The topological polar surface area (TPSA) is 97.7 Å². The van der Waals surface area contributed by atoms with Crippen LogP contribution >= 0.6 is 0 Å². The van der Waals surface area contributed by atoms with Crippen LogP contribution in [0.1, 0.15) is 0 Å². The van der Waals surface area contributed by atoms with Gasteiger partial charge in [-0.1, -0.05) is 12.1 Å². The fourth-order valence-corrected chi connectivity index (χ4v) is 2.91. The van der Waals surface area contributed by atoms with Gasteiger partial charge in [-0.3, -0.25) is 4.79 Å². The van der Waals surface area contributed by atoms with Crippen LogP contribution < -0.4 is 10.7 Å². The average Bonchev–Trinajstić information content (AvgIpc) is 3.15. The summed E-state index contributed by atoms with van der Waals surface area (Å²) in [5.74, 6) is 1.27. The molecule has 0 unspecified atom stereocenters. The Kier molecular flexibility index (Phi) is 4.63. The minimum absolute atomic E-state index is 0.0534. The number of benzene rings is 1. The summed E-state index contributed by atoms with van der Waals surface area (Å²) in [5, 5.41) is 12.0. The summed E-state index contributed by atoms with van der Waals surface area (Å²) in [6.07, 6.45) is 3.29. The van der Waals surface area contributed by atoms with Gasteiger partial charge in [0, 0.05) is 25.9 Å². The van der Waals surface area contributed by atoms with Gasteiger partial charge in [-0.2, -0.15) is 0 Å². The molecule has 3 aromatic heterocycles. The normalized spacial score (nSPS) is 11.0. The average molecular weight is 362 g/mol. The van der Waals surface area contributed by atoms with E-state index < -0.39 is 0 Å². The predicted molar refractivity (Wildman–Crippen MR) is 103 cm³/mol. The molecule has 0 radical (unpaired) electrons. The van der Waals surface area contributed by atoms with Crippen molar-refractivity contribution in [2.24, 2.45) is 0 Å². The molecule has 0 bridgehead atoms. The number of rotatable bonds is 6. The van der Waals surface area contributed by atoms with Crippen molar-refractivity contribution in [1.82, 2.24) is 24.7 Å². The molecule has 2 N–H and O–H groups in total. The Bertz CT molecular complexity index is 1130. The molecule has 0 spiro atoms. The van der Waals surface area contributed by atoms with Crippen molar-refractivity contribution in [3.8, 4) is 11.5 Å². The first-order chi connectivity index (χ1) is 13.3. The second-order valence-electron chi connectivity index (χ2n) is 5.94. The number of nitrogens with zero attached hydrogens (tertiary/aromatic N) is 4. The van der Waals surface area contributed by atoms with Crippen molar-refractivity contribution in [3.63, 3.8) is 0 Å². The lowest BCUT2D eigenvalue weighted by molar-refractivity contribution is 0.187. The second-order valence-corrected chi connectivity index (χ2v) is 5.94. The van der Waals surface area contributed by atoms with Crippen molar-refractivity contribution in [3.05, 3.63) is 65.2 Å². The van der Waals surface area contributed by atoms with Crippen LogP contribution in [0.25, 0.3) is 22.4 Å². The number of ether oxygens (including phenoxy) is 1. The van der Waals surface area contributed by atoms with Gasteiger partial charge in [0.2, 0.25) is 0 Å². The molecule has 0 saturated carbocycles. The molecule has 0 saturated heterocycles. The first-order valence-electron chi connectivity index (χ1n) is 8.48. The van der Waals surface area contributed by atoms with Gasteiger partial charge in [0.15, 0.2) is 11.3 Å². The number of aromatic nitrogens is 5. The third kappa shape index (κ3) is 3.42. The first kappa shape index (κ1) is 16.9. The van der Waals surface area contributed by atoms with Gasteiger partial charge in [-0.05, 0) is 24.3 Å². The smallest absolute Gasteiger partial charge is 0.191 e. The van der Waals surface area contributed by atoms with Gasteiger partial charge in [0.1, 0.15) is 17.8 Å². The second kappa shape index (κ2) is 7.38. The van der Waals surface area contributed by atoms with Crippen molar-refractivity contribution in [1.29, 1.82) is 0 Å². The molecule has 0 aliphatic carbocycles. The SMILES string of the molecule is COCCn1cnnc1-c1cccc(Nc2cccc3[nH]ccc(=O)c23)n1. The van der Waals surface area contributed by atoms with Crippen LogP contribution in [0.4, 0.5) is 11.5 Å². The van der Waals surface area contributed by atoms with Crippen LogP contribution in [0, 0.1) is 0 Å². The quantitative estimate of drug-likeness (QED) is 0.547. The summed E-state index contributed by atoms with van der Waals surface area (Å²) < 4.78 is 7.01. The minimum atomic E-state index is -0.0534. The van der Waals surface area contributed by atoms with Crippen LogP contribution in [-0.2, 0) is 11.3 Å². The number of H-pyrrole nitrogens is 1. The van der Waals surface area contributed by atoms with E-state index in [0.29, 0.717) is 41.6 Å². The Hall–Kier alpha value is -3.52. The number of anilines is 2. The summed E-state index contributed by atoms with van der Waals surface area (Å²) in [6, 6.07) is 12.7. The lowest BCUT2D eigenvalue weighted by Gasteiger charge is -2.10. The first-order valence-corrected chi connectivity index (χ1v) is 8.48. The number of nitrogens with one attached hydrogen (secondary N) is 2. The van der Waals surface area contributed by atoms with Gasteiger partial charge in [0.25, 0.3) is 0 Å². The number of pyridine rings is 2. The number of hydrogen-bond acceptors (Lipinski definition) is 6. The van der Waals surface area contributed by atoms with Crippen LogP contribution in [-0.4, -0.2) is 38.4 Å². The number of methoxy groups -OCH3 is 1. The summed E-state index contributed by atoms with van der Waals surface area (Å²) in [4.78, 5) is 20.0. The Morgan fingerprint density at radius 2 is 2.07 bits per heavy atom. The summed E-state index contributed by atoms with van der Waals surface area (Å²) >= 11 is 0. The number of fused-ring (bicyclic) bond motifs is 1. The molecular weight excluding hydrogens is 344 g/mol. The maximum atomic E-state index is 12.3. The molecule has 8 heteroatoms. The van der Waals surface area contributed by atoms with E-state index in [1.165, 1.54) is 6.07 Å². The van der Waals surface area contributed by atoms with E-state index in [-0.39, 0.29) is 5.43 Å². The zero-order valence-corrected chi connectivity index (χ0v) is 14.7. The monoisotopic (exact) mass is 362 g/mol. The van der Waals surface area contributed by atoms with Gasteiger partial charge in [-0.25, -0.2) is 4.98 Å². The van der Waals surface area contributed by atoms with E-state index in [4.69, 9.17) is 4.74 Å². The minimum Gasteiger partial charge on any atom is -0.383 e. The Morgan fingerprint density at radius 3 is 2.96 bits per heavy atom. The molecular formula is C19H18N6O2. The molecule has 0 aliphatic rings. The van der Waals surface area contributed by atoms with E-state index in [1.54, 1.807) is 19.6 Å².